The summed E-state index contributed by atoms with van der Waals surface area (Å²) in [7, 11) is 1.91. The average Bonchev–Trinajstić information content (AvgIpc) is 2.96. The molecule has 0 saturated carbocycles. The number of nitrogens with zero attached hydrogens (tertiary/aromatic N) is 2. The molecule has 4 heteroatoms. The molecule has 100 valence electrons. The van der Waals surface area contributed by atoms with Gasteiger partial charge in [0, 0.05) is 18.4 Å². The molecule has 1 aromatic carbocycles. The van der Waals surface area contributed by atoms with Gasteiger partial charge in [-0.1, -0.05) is 18.2 Å². The standard InChI is InChI=1S/C15H18N2O2/c1-10-7-11(9-19-10)15(18)8-13-12-5-3-4-6-14(12)17(2)16-13/h3-6,10-11H,7-9H2,1-2H3. The topological polar surface area (TPSA) is 44.1 Å². The number of rotatable bonds is 3. The summed E-state index contributed by atoms with van der Waals surface area (Å²) >= 11 is 0. The van der Waals surface area contributed by atoms with Crippen LogP contribution < -0.4 is 0 Å². The van der Waals surface area contributed by atoms with E-state index in [-0.39, 0.29) is 17.8 Å². The van der Waals surface area contributed by atoms with Crippen molar-refractivity contribution < 1.29 is 9.53 Å². The number of hydrogen-bond acceptors (Lipinski definition) is 3. The minimum absolute atomic E-state index is 0.0377. The Morgan fingerprint density at radius 3 is 3.00 bits per heavy atom. The maximum absolute atomic E-state index is 12.3. The maximum Gasteiger partial charge on any atom is 0.144 e. The highest BCUT2D eigenvalue weighted by Gasteiger charge is 2.28. The predicted molar refractivity (Wildman–Crippen MR) is 72.9 cm³/mol. The summed E-state index contributed by atoms with van der Waals surface area (Å²) in [5.74, 6) is 0.281. The highest BCUT2D eigenvalue weighted by Crippen LogP contribution is 2.23. The van der Waals surface area contributed by atoms with Crippen molar-refractivity contribution in [2.24, 2.45) is 13.0 Å². The van der Waals surface area contributed by atoms with Crippen molar-refractivity contribution >= 4 is 16.7 Å². The molecule has 1 saturated heterocycles. The molecular weight excluding hydrogens is 240 g/mol. The van der Waals surface area contributed by atoms with Crippen LogP contribution in [0, 0.1) is 5.92 Å². The molecule has 0 radical (unpaired) electrons. The highest BCUT2D eigenvalue weighted by atomic mass is 16.5. The zero-order valence-corrected chi connectivity index (χ0v) is 11.3. The second-order valence-electron chi connectivity index (χ2n) is 5.31. The molecule has 4 nitrogen and oxygen atoms in total. The molecule has 1 fully saturated rings. The molecule has 2 aromatic rings. The predicted octanol–water partition coefficient (Wildman–Crippen LogP) is 2.11. The van der Waals surface area contributed by atoms with Gasteiger partial charge in [-0.3, -0.25) is 9.48 Å². The van der Waals surface area contributed by atoms with Crippen LogP contribution in [-0.2, 0) is 23.0 Å². The number of Topliss-reactive ketones (excluding diaryl/α,β-unsaturated/α-hetero) is 1. The molecule has 1 aliphatic rings. The second-order valence-corrected chi connectivity index (χ2v) is 5.31. The molecule has 19 heavy (non-hydrogen) atoms. The van der Waals surface area contributed by atoms with Crippen LogP contribution in [0.25, 0.3) is 10.9 Å². The first-order chi connectivity index (χ1) is 9.15. The highest BCUT2D eigenvalue weighted by molar-refractivity contribution is 5.89. The van der Waals surface area contributed by atoms with Gasteiger partial charge in [-0.2, -0.15) is 5.10 Å². The largest absolute Gasteiger partial charge is 0.378 e. The number of ether oxygens (including phenoxy) is 1. The van der Waals surface area contributed by atoms with Gasteiger partial charge in [0.2, 0.25) is 0 Å². The average molecular weight is 258 g/mol. The Kier molecular flexibility index (Phi) is 3.11. The van der Waals surface area contributed by atoms with Crippen LogP contribution >= 0.6 is 0 Å². The number of aryl methyl sites for hydroxylation is 1. The van der Waals surface area contributed by atoms with E-state index in [0.717, 1.165) is 23.0 Å². The van der Waals surface area contributed by atoms with E-state index < -0.39 is 0 Å². The Morgan fingerprint density at radius 1 is 1.47 bits per heavy atom. The van der Waals surface area contributed by atoms with Crippen molar-refractivity contribution in [2.75, 3.05) is 6.61 Å². The number of benzene rings is 1. The first-order valence-electron chi connectivity index (χ1n) is 6.70. The van der Waals surface area contributed by atoms with E-state index in [1.54, 1.807) is 0 Å². The van der Waals surface area contributed by atoms with Gasteiger partial charge in [-0.15, -0.1) is 0 Å². The Hall–Kier alpha value is -1.68. The molecule has 2 heterocycles. The van der Waals surface area contributed by atoms with Gasteiger partial charge in [0.25, 0.3) is 0 Å². The molecular formula is C15H18N2O2. The lowest BCUT2D eigenvalue weighted by molar-refractivity contribution is -0.122. The van der Waals surface area contributed by atoms with Gasteiger partial charge in [0.1, 0.15) is 5.78 Å². The summed E-state index contributed by atoms with van der Waals surface area (Å²) in [6, 6.07) is 8.02. The van der Waals surface area contributed by atoms with Crippen LogP contribution in [0.5, 0.6) is 0 Å². The van der Waals surface area contributed by atoms with Crippen LogP contribution in [0.4, 0.5) is 0 Å². The van der Waals surface area contributed by atoms with E-state index >= 15 is 0 Å². The van der Waals surface area contributed by atoms with Gasteiger partial charge in [0.05, 0.1) is 30.3 Å². The second kappa shape index (κ2) is 4.78. The number of para-hydroxylation sites is 1. The van der Waals surface area contributed by atoms with E-state index in [4.69, 9.17) is 4.74 Å². The third-order valence-corrected chi connectivity index (χ3v) is 3.83. The molecule has 1 aliphatic heterocycles. The molecule has 0 bridgehead atoms. The molecule has 0 spiro atoms. The van der Waals surface area contributed by atoms with E-state index in [2.05, 4.69) is 5.10 Å². The zero-order chi connectivity index (χ0) is 13.4. The minimum atomic E-state index is 0.0377. The van der Waals surface area contributed by atoms with E-state index in [9.17, 15) is 4.79 Å². The van der Waals surface area contributed by atoms with Crippen LogP contribution in [0.3, 0.4) is 0 Å². The fraction of sp³-hybridized carbons (Fsp3) is 0.467. The quantitative estimate of drug-likeness (QED) is 0.847. The van der Waals surface area contributed by atoms with Gasteiger partial charge in [0.15, 0.2) is 0 Å². The summed E-state index contributed by atoms with van der Waals surface area (Å²) in [4.78, 5) is 12.3. The first kappa shape index (κ1) is 12.4. The molecule has 0 amide bonds. The van der Waals surface area contributed by atoms with Crippen molar-refractivity contribution in [3.63, 3.8) is 0 Å². The van der Waals surface area contributed by atoms with Crippen molar-refractivity contribution in [1.82, 2.24) is 9.78 Å². The molecule has 2 unspecified atom stereocenters. The molecule has 0 aliphatic carbocycles. The number of hydrogen-bond donors (Lipinski definition) is 0. The van der Waals surface area contributed by atoms with Gasteiger partial charge < -0.3 is 4.74 Å². The number of carbonyl (C=O) groups excluding carboxylic acids is 1. The van der Waals surface area contributed by atoms with Crippen molar-refractivity contribution in [3.05, 3.63) is 30.0 Å². The van der Waals surface area contributed by atoms with Crippen molar-refractivity contribution in [3.8, 4) is 0 Å². The Morgan fingerprint density at radius 2 is 2.26 bits per heavy atom. The summed E-state index contributed by atoms with van der Waals surface area (Å²) in [6.45, 7) is 2.58. The maximum atomic E-state index is 12.3. The number of fused-ring (bicyclic) bond motifs is 1. The number of carbonyl (C=O) groups is 1. The van der Waals surface area contributed by atoms with Gasteiger partial charge in [-0.05, 0) is 19.4 Å². The van der Waals surface area contributed by atoms with E-state index in [1.165, 1.54) is 0 Å². The van der Waals surface area contributed by atoms with Crippen LogP contribution in [0.15, 0.2) is 24.3 Å². The summed E-state index contributed by atoms with van der Waals surface area (Å²) < 4.78 is 7.31. The van der Waals surface area contributed by atoms with E-state index in [1.807, 2.05) is 42.9 Å². The Labute approximate surface area is 112 Å². The van der Waals surface area contributed by atoms with Crippen LogP contribution in [0.2, 0.25) is 0 Å². The number of aromatic nitrogens is 2. The molecule has 3 rings (SSSR count). The lowest BCUT2D eigenvalue weighted by atomic mass is 9.97. The van der Waals surface area contributed by atoms with Crippen molar-refractivity contribution in [1.29, 1.82) is 0 Å². The third kappa shape index (κ3) is 2.28. The summed E-state index contributed by atoms with van der Waals surface area (Å²) in [6.07, 6.45) is 1.44. The van der Waals surface area contributed by atoms with Crippen LogP contribution in [0.1, 0.15) is 19.0 Å². The molecule has 0 N–H and O–H groups in total. The summed E-state index contributed by atoms with van der Waals surface area (Å²) in [5.41, 5.74) is 1.95. The SMILES string of the molecule is CC1CC(C(=O)Cc2nn(C)c3ccccc23)CO1. The monoisotopic (exact) mass is 258 g/mol. The zero-order valence-electron chi connectivity index (χ0n) is 11.3. The Balaban J connectivity index is 1.83. The van der Waals surface area contributed by atoms with Crippen molar-refractivity contribution in [2.45, 2.75) is 25.9 Å². The smallest absolute Gasteiger partial charge is 0.144 e. The fourth-order valence-corrected chi connectivity index (χ4v) is 2.77. The molecule has 1 aromatic heterocycles. The Bertz CT molecular complexity index is 618. The number of ketones is 1. The lowest BCUT2D eigenvalue weighted by Gasteiger charge is -2.04. The van der Waals surface area contributed by atoms with E-state index in [0.29, 0.717) is 13.0 Å². The fourth-order valence-electron chi connectivity index (χ4n) is 2.77. The van der Waals surface area contributed by atoms with Crippen LogP contribution in [-0.4, -0.2) is 28.3 Å². The first-order valence-corrected chi connectivity index (χ1v) is 6.70. The van der Waals surface area contributed by atoms with Gasteiger partial charge >= 0.3 is 0 Å². The molecule has 2 atom stereocenters. The lowest BCUT2D eigenvalue weighted by Crippen LogP contribution is -2.17. The minimum Gasteiger partial charge on any atom is -0.378 e. The summed E-state index contributed by atoms with van der Waals surface area (Å²) in [5, 5.41) is 5.55. The normalized spacial score (nSPS) is 23.1. The van der Waals surface area contributed by atoms with Gasteiger partial charge in [-0.25, -0.2) is 0 Å². The third-order valence-electron chi connectivity index (χ3n) is 3.83.